The highest BCUT2D eigenvalue weighted by Crippen LogP contribution is 2.16. The highest BCUT2D eigenvalue weighted by molar-refractivity contribution is 5.80. The van der Waals surface area contributed by atoms with Crippen LogP contribution in [0, 0.1) is 5.92 Å². The van der Waals surface area contributed by atoms with Crippen LogP contribution >= 0.6 is 0 Å². The molecule has 0 heterocycles. The number of ketones is 1. The number of benzene rings is 1. The summed E-state index contributed by atoms with van der Waals surface area (Å²) in [6.45, 7) is 6.66. The van der Waals surface area contributed by atoms with Crippen LogP contribution in [0.5, 0.6) is 5.75 Å². The van der Waals surface area contributed by atoms with Crippen molar-refractivity contribution in [3.05, 3.63) is 29.8 Å². The molecule has 0 amide bonds. The van der Waals surface area contributed by atoms with E-state index in [0.717, 1.165) is 37.9 Å². The molecule has 0 aromatic heterocycles. The third-order valence-corrected chi connectivity index (χ3v) is 3.24. The monoisotopic (exact) mass is 262 g/mol. The van der Waals surface area contributed by atoms with Crippen LogP contribution in [0.4, 0.5) is 0 Å². The van der Waals surface area contributed by atoms with Gasteiger partial charge in [-0.1, -0.05) is 32.4 Å². The van der Waals surface area contributed by atoms with Gasteiger partial charge in [-0.3, -0.25) is 4.79 Å². The van der Waals surface area contributed by atoms with Gasteiger partial charge in [0.05, 0.1) is 6.61 Å². The van der Waals surface area contributed by atoms with Crippen LogP contribution in [0.3, 0.4) is 0 Å². The molecule has 0 saturated carbocycles. The fourth-order valence-corrected chi connectivity index (χ4v) is 2.05. The standard InChI is InChI=1S/C17H26O2/c1-4-19-16-11-8-10-15(13-16)9-6-5-7-12-17(18)14(2)3/h8,10-11,13-14H,4-7,9,12H2,1-3H3. The molecule has 19 heavy (non-hydrogen) atoms. The molecule has 0 N–H and O–H groups in total. The van der Waals surface area contributed by atoms with Crippen molar-refractivity contribution in [3.63, 3.8) is 0 Å². The molecule has 0 unspecified atom stereocenters. The summed E-state index contributed by atoms with van der Waals surface area (Å²) in [7, 11) is 0. The van der Waals surface area contributed by atoms with Crippen LogP contribution < -0.4 is 4.74 Å². The molecule has 0 aliphatic rings. The average Bonchev–Trinajstić information content (AvgIpc) is 2.39. The molecule has 2 nitrogen and oxygen atoms in total. The van der Waals surface area contributed by atoms with Gasteiger partial charge >= 0.3 is 0 Å². The third kappa shape index (κ3) is 6.42. The number of carbonyl (C=O) groups is 1. The number of carbonyl (C=O) groups excluding carboxylic acids is 1. The first-order chi connectivity index (χ1) is 9.13. The third-order valence-electron chi connectivity index (χ3n) is 3.24. The second-order valence-corrected chi connectivity index (χ2v) is 5.26. The van der Waals surface area contributed by atoms with Crippen molar-refractivity contribution in [2.45, 2.75) is 52.9 Å². The Balaban J connectivity index is 2.22. The first-order valence-electron chi connectivity index (χ1n) is 7.38. The normalized spacial score (nSPS) is 10.7. The zero-order valence-corrected chi connectivity index (χ0v) is 12.4. The van der Waals surface area contributed by atoms with Crippen LogP contribution in [0.25, 0.3) is 0 Å². The van der Waals surface area contributed by atoms with E-state index in [2.05, 4.69) is 12.1 Å². The van der Waals surface area contributed by atoms with Crippen molar-refractivity contribution in [2.24, 2.45) is 5.92 Å². The fourth-order valence-electron chi connectivity index (χ4n) is 2.05. The van der Waals surface area contributed by atoms with Crippen molar-refractivity contribution in [1.82, 2.24) is 0 Å². The van der Waals surface area contributed by atoms with Gasteiger partial charge < -0.3 is 4.74 Å². The minimum absolute atomic E-state index is 0.183. The zero-order valence-electron chi connectivity index (χ0n) is 12.4. The minimum Gasteiger partial charge on any atom is -0.494 e. The van der Waals surface area contributed by atoms with Gasteiger partial charge in [0.2, 0.25) is 0 Å². The van der Waals surface area contributed by atoms with Gasteiger partial charge in [0.15, 0.2) is 0 Å². The molecule has 0 radical (unpaired) electrons. The van der Waals surface area contributed by atoms with Crippen LogP contribution in [-0.4, -0.2) is 12.4 Å². The second-order valence-electron chi connectivity index (χ2n) is 5.26. The molecule has 0 bridgehead atoms. The summed E-state index contributed by atoms with van der Waals surface area (Å²) in [4.78, 5) is 11.5. The summed E-state index contributed by atoms with van der Waals surface area (Å²) >= 11 is 0. The lowest BCUT2D eigenvalue weighted by Gasteiger charge is -2.06. The molecular weight excluding hydrogens is 236 g/mol. The van der Waals surface area contributed by atoms with Gasteiger partial charge in [0.25, 0.3) is 0 Å². The van der Waals surface area contributed by atoms with E-state index in [9.17, 15) is 4.79 Å². The Morgan fingerprint density at radius 3 is 2.68 bits per heavy atom. The predicted octanol–water partition coefficient (Wildman–Crippen LogP) is 4.41. The van der Waals surface area contributed by atoms with E-state index < -0.39 is 0 Å². The van der Waals surface area contributed by atoms with Crippen LogP contribution in [0.15, 0.2) is 24.3 Å². The van der Waals surface area contributed by atoms with Crippen LogP contribution in [0.2, 0.25) is 0 Å². The van der Waals surface area contributed by atoms with Gasteiger partial charge in [0.1, 0.15) is 11.5 Å². The number of hydrogen-bond acceptors (Lipinski definition) is 2. The number of ether oxygens (including phenoxy) is 1. The summed E-state index contributed by atoms with van der Waals surface area (Å²) in [6, 6.07) is 8.29. The number of rotatable bonds is 9. The van der Waals surface area contributed by atoms with E-state index in [1.54, 1.807) is 0 Å². The van der Waals surface area contributed by atoms with Crippen molar-refractivity contribution in [2.75, 3.05) is 6.61 Å². The van der Waals surface area contributed by atoms with E-state index in [4.69, 9.17) is 4.74 Å². The maximum absolute atomic E-state index is 11.5. The van der Waals surface area contributed by atoms with Crippen molar-refractivity contribution < 1.29 is 9.53 Å². The largest absolute Gasteiger partial charge is 0.494 e. The second kappa shape index (κ2) is 8.73. The van der Waals surface area contributed by atoms with Gasteiger partial charge in [-0.15, -0.1) is 0 Å². The summed E-state index contributed by atoms with van der Waals surface area (Å²) in [6.07, 6.45) is 5.08. The van der Waals surface area contributed by atoms with E-state index in [1.807, 2.05) is 32.9 Å². The Hall–Kier alpha value is -1.31. The molecule has 0 atom stereocenters. The fraction of sp³-hybridized carbons (Fsp3) is 0.588. The highest BCUT2D eigenvalue weighted by atomic mass is 16.5. The van der Waals surface area contributed by atoms with Gasteiger partial charge in [-0.25, -0.2) is 0 Å². The number of unbranched alkanes of at least 4 members (excludes halogenated alkanes) is 2. The molecule has 106 valence electrons. The topological polar surface area (TPSA) is 26.3 Å². The number of aryl methyl sites for hydroxylation is 1. The molecule has 0 spiro atoms. The quantitative estimate of drug-likeness (QED) is 0.616. The zero-order chi connectivity index (χ0) is 14.1. The van der Waals surface area contributed by atoms with E-state index in [-0.39, 0.29) is 5.92 Å². The maximum atomic E-state index is 11.5. The van der Waals surface area contributed by atoms with Gasteiger partial charge in [-0.2, -0.15) is 0 Å². The maximum Gasteiger partial charge on any atom is 0.135 e. The average molecular weight is 262 g/mol. The number of hydrogen-bond donors (Lipinski definition) is 0. The molecule has 1 rings (SSSR count). The lowest BCUT2D eigenvalue weighted by atomic mass is 10.0. The first kappa shape index (κ1) is 15.7. The smallest absolute Gasteiger partial charge is 0.135 e. The predicted molar refractivity (Wildman–Crippen MR) is 79.6 cm³/mol. The summed E-state index contributed by atoms with van der Waals surface area (Å²) in [5, 5.41) is 0. The van der Waals surface area contributed by atoms with Gasteiger partial charge in [0, 0.05) is 12.3 Å². The molecule has 0 aliphatic heterocycles. The van der Waals surface area contributed by atoms with Crippen LogP contribution in [-0.2, 0) is 11.2 Å². The molecule has 1 aromatic carbocycles. The Morgan fingerprint density at radius 1 is 1.21 bits per heavy atom. The minimum atomic E-state index is 0.183. The molecule has 0 aliphatic carbocycles. The van der Waals surface area contributed by atoms with E-state index in [1.165, 1.54) is 5.56 Å². The lowest BCUT2D eigenvalue weighted by Crippen LogP contribution is -2.06. The van der Waals surface area contributed by atoms with Gasteiger partial charge in [-0.05, 0) is 43.9 Å². The molecule has 2 heteroatoms. The molecule has 0 fully saturated rings. The highest BCUT2D eigenvalue weighted by Gasteiger charge is 2.06. The molecule has 1 aromatic rings. The van der Waals surface area contributed by atoms with Crippen LogP contribution in [0.1, 0.15) is 52.0 Å². The summed E-state index contributed by atoms with van der Waals surface area (Å²) in [5.41, 5.74) is 1.32. The Kier molecular flexibility index (Phi) is 7.24. The van der Waals surface area contributed by atoms with E-state index in [0.29, 0.717) is 12.4 Å². The lowest BCUT2D eigenvalue weighted by molar-refractivity contribution is -0.122. The first-order valence-corrected chi connectivity index (χ1v) is 7.38. The van der Waals surface area contributed by atoms with Crippen molar-refractivity contribution >= 4 is 5.78 Å². The van der Waals surface area contributed by atoms with E-state index >= 15 is 0 Å². The Labute approximate surface area is 117 Å². The Bertz CT molecular complexity index is 383. The summed E-state index contributed by atoms with van der Waals surface area (Å²) < 4.78 is 5.49. The number of Topliss-reactive ketones (excluding diaryl/α,β-unsaturated/α-hetero) is 1. The van der Waals surface area contributed by atoms with Crippen molar-refractivity contribution in [1.29, 1.82) is 0 Å². The molecule has 0 saturated heterocycles. The Morgan fingerprint density at radius 2 is 2.00 bits per heavy atom. The molecular formula is C17H26O2. The summed E-state index contributed by atoms with van der Waals surface area (Å²) in [5.74, 6) is 1.52. The SMILES string of the molecule is CCOc1cccc(CCCCCC(=O)C(C)C)c1. The van der Waals surface area contributed by atoms with Crippen molar-refractivity contribution in [3.8, 4) is 5.75 Å².